The van der Waals surface area contributed by atoms with Crippen LogP contribution in [0.5, 0.6) is 0 Å². The number of aryl methyl sites for hydroxylation is 1. The van der Waals surface area contributed by atoms with E-state index in [9.17, 15) is 14.9 Å². The van der Waals surface area contributed by atoms with Crippen molar-refractivity contribution in [2.24, 2.45) is 17.8 Å². The van der Waals surface area contributed by atoms with Crippen molar-refractivity contribution >= 4 is 23.2 Å². The zero-order chi connectivity index (χ0) is 17.1. The van der Waals surface area contributed by atoms with Crippen molar-refractivity contribution in [3.8, 4) is 0 Å². The van der Waals surface area contributed by atoms with Crippen LogP contribution in [0.15, 0.2) is 12.1 Å². The first-order valence-corrected chi connectivity index (χ1v) is 9.00. The van der Waals surface area contributed by atoms with Crippen LogP contribution >= 0.6 is 11.6 Å². The van der Waals surface area contributed by atoms with Gasteiger partial charge in [-0.1, -0.05) is 11.6 Å². The molecule has 0 aromatic heterocycles. The fourth-order valence-electron chi connectivity index (χ4n) is 5.59. The molecule has 0 aliphatic heterocycles. The van der Waals surface area contributed by atoms with Crippen LogP contribution in [0.1, 0.15) is 54.4 Å². The molecular weight excluding hydrogens is 328 g/mol. The molecule has 1 amide bonds. The molecular formula is C18H21ClN2O3. The topological polar surface area (TPSA) is 72.2 Å². The Balaban J connectivity index is 1.62. The van der Waals surface area contributed by atoms with Crippen molar-refractivity contribution in [3.63, 3.8) is 0 Å². The van der Waals surface area contributed by atoms with Gasteiger partial charge in [-0.3, -0.25) is 14.9 Å². The van der Waals surface area contributed by atoms with Gasteiger partial charge in [-0.25, -0.2) is 0 Å². The summed E-state index contributed by atoms with van der Waals surface area (Å²) in [5.41, 5.74) is 0.557. The van der Waals surface area contributed by atoms with Crippen LogP contribution in [0.2, 0.25) is 5.02 Å². The largest absolute Gasteiger partial charge is 0.347 e. The van der Waals surface area contributed by atoms with E-state index in [1.807, 2.05) is 0 Å². The van der Waals surface area contributed by atoms with Gasteiger partial charge in [-0.05, 0) is 68.8 Å². The van der Waals surface area contributed by atoms with Gasteiger partial charge in [0.1, 0.15) is 0 Å². The molecule has 0 unspecified atom stereocenters. The standard InChI is InChI=1S/C18H21ClN2O3/c1-10-2-14(21(23)24)6-15(16(10)19)17(22)20-18-7-11-3-12(8-18)5-13(4-11)9-18/h2,6,11-13H,3-5,7-9H2,1H3,(H,20,22). The number of amides is 1. The second kappa shape index (κ2) is 5.45. The smallest absolute Gasteiger partial charge is 0.270 e. The summed E-state index contributed by atoms with van der Waals surface area (Å²) in [5.74, 6) is 1.89. The lowest BCUT2D eigenvalue weighted by Gasteiger charge is -2.56. The summed E-state index contributed by atoms with van der Waals surface area (Å²) >= 11 is 6.27. The zero-order valence-electron chi connectivity index (χ0n) is 13.7. The van der Waals surface area contributed by atoms with E-state index >= 15 is 0 Å². The van der Waals surface area contributed by atoms with Gasteiger partial charge in [0.2, 0.25) is 0 Å². The molecule has 5 rings (SSSR count). The van der Waals surface area contributed by atoms with Gasteiger partial charge < -0.3 is 5.32 Å². The average Bonchev–Trinajstić information content (AvgIpc) is 2.47. The highest BCUT2D eigenvalue weighted by Gasteiger charge is 2.51. The number of nitrogens with zero attached hydrogens (tertiary/aromatic N) is 1. The van der Waals surface area contributed by atoms with Crippen LogP contribution in [0, 0.1) is 34.8 Å². The van der Waals surface area contributed by atoms with Crippen molar-refractivity contribution < 1.29 is 9.72 Å². The average molecular weight is 349 g/mol. The van der Waals surface area contributed by atoms with E-state index in [0.717, 1.165) is 37.0 Å². The molecule has 1 N–H and O–H groups in total. The molecule has 128 valence electrons. The third-order valence-corrected chi connectivity index (χ3v) is 6.61. The van der Waals surface area contributed by atoms with E-state index in [0.29, 0.717) is 10.6 Å². The number of carbonyl (C=O) groups is 1. The van der Waals surface area contributed by atoms with Gasteiger partial charge >= 0.3 is 0 Å². The van der Waals surface area contributed by atoms with Gasteiger partial charge in [0.25, 0.3) is 11.6 Å². The summed E-state index contributed by atoms with van der Waals surface area (Å²) in [6.07, 6.45) is 7.01. The lowest BCUT2D eigenvalue weighted by atomic mass is 9.53. The Morgan fingerprint density at radius 2 is 1.75 bits per heavy atom. The van der Waals surface area contributed by atoms with Crippen molar-refractivity contribution in [2.45, 2.75) is 51.0 Å². The molecule has 4 saturated carbocycles. The maximum Gasteiger partial charge on any atom is 0.270 e. The molecule has 1 aromatic rings. The Labute approximate surface area is 145 Å². The first kappa shape index (κ1) is 15.9. The third kappa shape index (κ3) is 2.59. The molecule has 5 nitrogen and oxygen atoms in total. The number of benzene rings is 1. The molecule has 0 spiro atoms. The molecule has 24 heavy (non-hydrogen) atoms. The highest BCUT2D eigenvalue weighted by Crippen LogP contribution is 2.55. The van der Waals surface area contributed by atoms with Crippen molar-refractivity contribution in [3.05, 3.63) is 38.4 Å². The Morgan fingerprint density at radius 1 is 1.21 bits per heavy atom. The molecule has 4 aliphatic rings. The molecule has 0 radical (unpaired) electrons. The number of non-ortho nitro benzene ring substituents is 1. The minimum absolute atomic E-state index is 0.0902. The van der Waals surface area contributed by atoms with Crippen LogP contribution in [-0.4, -0.2) is 16.4 Å². The second-order valence-electron chi connectivity index (χ2n) is 8.03. The molecule has 0 atom stereocenters. The van der Waals surface area contributed by atoms with Gasteiger partial charge in [0.15, 0.2) is 0 Å². The molecule has 4 fully saturated rings. The van der Waals surface area contributed by atoms with Crippen LogP contribution in [0.4, 0.5) is 5.69 Å². The molecule has 0 saturated heterocycles. The van der Waals surface area contributed by atoms with Gasteiger partial charge in [0, 0.05) is 17.7 Å². The van der Waals surface area contributed by atoms with E-state index in [2.05, 4.69) is 5.32 Å². The molecule has 4 aliphatic carbocycles. The lowest BCUT2D eigenvalue weighted by Crippen LogP contribution is -2.59. The fourth-order valence-corrected chi connectivity index (χ4v) is 5.79. The molecule has 0 heterocycles. The fraction of sp³-hybridized carbons (Fsp3) is 0.611. The minimum Gasteiger partial charge on any atom is -0.347 e. The molecule has 4 bridgehead atoms. The van der Waals surface area contributed by atoms with E-state index in [4.69, 9.17) is 11.6 Å². The first-order chi connectivity index (χ1) is 11.3. The highest BCUT2D eigenvalue weighted by atomic mass is 35.5. The number of hydrogen-bond donors (Lipinski definition) is 1. The van der Waals surface area contributed by atoms with Crippen LogP contribution in [-0.2, 0) is 0 Å². The highest BCUT2D eigenvalue weighted by molar-refractivity contribution is 6.34. The number of nitro groups is 1. The minimum atomic E-state index is -0.481. The van der Waals surface area contributed by atoms with Crippen molar-refractivity contribution in [2.75, 3.05) is 0 Å². The van der Waals surface area contributed by atoms with Gasteiger partial charge in [-0.15, -0.1) is 0 Å². The quantitative estimate of drug-likeness (QED) is 0.655. The van der Waals surface area contributed by atoms with Crippen molar-refractivity contribution in [1.82, 2.24) is 5.32 Å². The maximum atomic E-state index is 12.9. The van der Waals surface area contributed by atoms with Crippen LogP contribution in [0.3, 0.4) is 0 Å². The molecule has 6 heteroatoms. The predicted octanol–water partition coefficient (Wildman–Crippen LogP) is 4.26. The number of rotatable bonds is 3. The Hall–Kier alpha value is -1.62. The SMILES string of the molecule is Cc1cc([N+](=O)[O-])cc(C(=O)NC23CC4CC(CC(C4)C2)C3)c1Cl. The summed E-state index contributed by atoms with van der Waals surface area (Å²) in [6.45, 7) is 1.69. The second-order valence-corrected chi connectivity index (χ2v) is 8.41. The van der Waals surface area contributed by atoms with E-state index in [1.54, 1.807) is 6.92 Å². The zero-order valence-corrected chi connectivity index (χ0v) is 14.4. The van der Waals surface area contributed by atoms with Crippen LogP contribution in [0.25, 0.3) is 0 Å². The monoisotopic (exact) mass is 348 g/mol. The first-order valence-electron chi connectivity index (χ1n) is 8.62. The van der Waals surface area contributed by atoms with Gasteiger partial charge in [-0.2, -0.15) is 0 Å². The summed E-state index contributed by atoms with van der Waals surface area (Å²) in [6, 6.07) is 2.70. The number of halogens is 1. The lowest BCUT2D eigenvalue weighted by molar-refractivity contribution is -0.384. The number of carbonyl (C=O) groups excluding carboxylic acids is 1. The molecule has 1 aromatic carbocycles. The van der Waals surface area contributed by atoms with E-state index < -0.39 is 4.92 Å². The summed E-state index contributed by atoms with van der Waals surface area (Å²) < 4.78 is 0. The number of nitro benzene ring substituents is 1. The Morgan fingerprint density at radius 3 is 2.25 bits per heavy atom. The number of nitrogens with one attached hydrogen (secondary N) is 1. The predicted molar refractivity (Wildman–Crippen MR) is 91.2 cm³/mol. The maximum absolute atomic E-state index is 12.9. The summed E-state index contributed by atoms with van der Waals surface area (Å²) in [4.78, 5) is 23.5. The van der Waals surface area contributed by atoms with E-state index in [-0.39, 0.29) is 22.7 Å². The summed E-state index contributed by atoms with van der Waals surface area (Å²) in [5, 5.41) is 14.6. The Kier molecular flexibility index (Phi) is 3.60. The third-order valence-electron chi connectivity index (χ3n) is 6.11. The van der Waals surface area contributed by atoms with E-state index in [1.165, 1.54) is 31.4 Å². The van der Waals surface area contributed by atoms with Crippen LogP contribution < -0.4 is 5.32 Å². The van der Waals surface area contributed by atoms with Gasteiger partial charge in [0.05, 0.1) is 15.5 Å². The Bertz CT molecular complexity index is 696. The number of hydrogen-bond acceptors (Lipinski definition) is 3. The summed E-state index contributed by atoms with van der Waals surface area (Å²) in [7, 11) is 0. The normalized spacial score (nSPS) is 33.5. The van der Waals surface area contributed by atoms with Crippen molar-refractivity contribution in [1.29, 1.82) is 0 Å².